The summed E-state index contributed by atoms with van der Waals surface area (Å²) in [5.41, 5.74) is 4.44. The van der Waals surface area contributed by atoms with Crippen molar-refractivity contribution in [2.24, 2.45) is 5.92 Å². The number of nitrogens with zero attached hydrogens (tertiary/aromatic N) is 1. The van der Waals surface area contributed by atoms with Crippen LogP contribution in [0.25, 0.3) is 0 Å². The summed E-state index contributed by atoms with van der Waals surface area (Å²) in [5.74, 6) is -1.71. The first-order chi connectivity index (χ1) is 8.84. The van der Waals surface area contributed by atoms with E-state index in [0.29, 0.717) is 19.0 Å². The molecule has 0 aromatic heterocycles. The van der Waals surface area contributed by atoms with E-state index in [2.05, 4.69) is 0 Å². The van der Waals surface area contributed by atoms with Gasteiger partial charge in [0.2, 0.25) is 10.0 Å². The Bertz CT molecular complexity index is 582. The van der Waals surface area contributed by atoms with Crippen LogP contribution >= 0.6 is 0 Å². The molecule has 0 aliphatic carbocycles. The van der Waals surface area contributed by atoms with Crippen molar-refractivity contribution in [3.8, 4) is 0 Å². The largest absolute Gasteiger partial charge is 0.394 e. The van der Waals surface area contributed by atoms with Crippen LogP contribution in [-0.4, -0.2) is 25.8 Å². The van der Waals surface area contributed by atoms with Gasteiger partial charge in [-0.05, 0) is 30.9 Å². The van der Waals surface area contributed by atoms with Gasteiger partial charge < -0.3 is 5.73 Å². The molecule has 4 nitrogen and oxygen atoms in total. The van der Waals surface area contributed by atoms with E-state index in [-0.39, 0.29) is 0 Å². The van der Waals surface area contributed by atoms with Gasteiger partial charge in [-0.1, -0.05) is 6.92 Å². The Labute approximate surface area is 111 Å². The summed E-state index contributed by atoms with van der Waals surface area (Å²) >= 11 is 0. The van der Waals surface area contributed by atoms with Crippen molar-refractivity contribution in [2.75, 3.05) is 18.8 Å². The minimum absolute atomic E-state index is 0.347. The highest BCUT2D eigenvalue weighted by Gasteiger charge is 2.31. The summed E-state index contributed by atoms with van der Waals surface area (Å²) < 4.78 is 52.7. The molecule has 0 amide bonds. The molecule has 106 valence electrons. The molecule has 0 bridgehead atoms. The molecule has 0 atom stereocenters. The van der Waals surface area contributed by atoms with Gasteiger partial charge in [0.05, 0.1) is 0 Å². The van der Waals surface area contributed by atoms with Crippen LogP contribution in [0, 0.1) is 17.6 Å². The van der Waals surface area contributed by atoms with Crippen molar-refractivity contribution < 1.29 is 17.2 Å². The van der Waals surface area contributed by atoms with Gasteiger partial charge in [-0.3, -0.25) is 0 Å². The molecular formula is C12H16F2N2O2S. The third kappa shape index (κ3) is 2.57. The van der Waals surface area contributed by atoms with Crippen molar-refractivity contribution >= 4 is 15.7 Å². The summed E-state index contributed by atoms with van der Waals surface area (Å²) in [6, 6.07) is 1.80. The van der Waals surface area contributed by atoms with Crippen LogP contribution in [0.3, 0.4) is 0 Å². The van der Waals surface area contributed by atoms with E-state index in [1.165, 1.54) is 4.31 Å². The zero-order valence-corrected chi connectivity index (χ0v) is 11.4. The van der Waals surface area contributed by atoms with Gasteiger partial charge in [-0.2, -0.15) is 4.31 Å². The van der Waals surface area contributed by atoms with Crippen LogP contribution in [0.15, 0.2) is 17.0 Å². The predicted octanol–water partition coefficient (Wildman–Crippen LogP) is 1.97. The Morgan fingerprint density at radius 3 is 2.42 bits per heavy atom. The highest BCUT2D eigenvalue weighted by Crippen LogP contribution is 2.28. The SMILES string of the molecule is CC1CCN(S(=O)(=O)c2ccc(F)c(N)c2F)CC1. The minimum atomic E-state index is -3.94. The molecule has 1 heterocycles. The fourth-order valence-corrected chi connectivity index (χ4v) is 3.66. The lowest BCUT2D eigenvalue weighted by atomic mass is 10.0. The van der Waals surface area contributed by atoms with E-state index in [4.69, 9.17) is 5.73 Å². The lowest BCUT2D eigenvalue weighted by Crippen LogP contribution is -2.38. The number of nitrogen functional groups attached to an aromatic ring is 1. The average molecular weight is 290 g/mol. The van der Waals surface area contributed by atoms with E-state index in [0.717, 1.165) is 25.0 Å². The molecule has 0 unspecified atom stereocenters. The molecule has 19 heavy (non-hydrogen) atoms. The second kappa shape index (κ2) is 5.05. The number of rotatable bonds is 2. The van der Waals surface area contributed by atoms with Gasteiger partial charge in [-0.25, -0.2) is 17.2 Å². The molecule has 1 aromatic carbocycles. The van der Waals surface area contributed by atoms with Crippen molar-refractivity contribution in [1.29, 1.82) is 0 Å². The first-order valence-electron chi connectivity index (χ1n) is 6.07. The topological polar surface area (TPSA) is 63.4 Å². The lowest BCUT2D eigenvalue weighted by molar-refractivity contribution is 0.287. The summed E-state index contributed by atoms with van der Waals surface area (Å²) in [6.45, 7) is 2.74. The van der Waals surface area contributed by atoms with Crippen molar-refractivity contribution in [3.05, 3.63) is 23.8 Å². The molecule has 0 saturated carbocycles. The zero-order chi connectivity index (χ0) is 14.2. The predicted molar refractivity (Wildman–Crippen MR) is 67.9 cm³/mol. The number of nitrogens with two attached hydrogens (primary N) is 1. The molecule has 1 aliphatic heterocycles. The molecule has 2 N–H and O–H groups in total. The van der Waals surface area contributed by atoms with E-state index in [9.17, 15) is 17.2 Å². The Hall–Kier alpha value is -1.21. The molecule has 1 aromatic rings. The second-order valence-corrected chi connectivity index (χ2v) is 6.77. The maximum Gasteiger partial charge on any atom is 0.246 e. The van der Waals surface area contributed by atoms with Crippen molar-refractivity contribution in [3.63, 3.8) is 0 Å². The van der Waals surface area contributed by atoms with Crippen LogP contribution in [0.1, 0.15) is 19.8 Å². The van der Waals surface area contributed by atoms with Crippen molar-refractivity contribution in [1.82, 2.24) is 4.31 Å². The normalized spacial score (nSPS) is 18.7. The van der Waals surface area contributed by atoms with E-state index < -0.39 is 32.2 Å². The number of halogens is 2. The van der Waals surface area contributed by atoms with Crippen molar-refractivity contribution in [2.45, 2.75) is 24.7 Å². The highest BCUT2D eigenvalue weighted by molar-refractivity contribution is 7.89. The first-order valence-corrected chi connectivity index (χ1v) is 7.51. The maximum atomic E-state index is 13.8. The molecule has 2 rings (SSSR count). The standard InChI is InChI=1S/C12H16F2N2O2S/c1-8-4-6-16(7-5-8)19(17,18)10-3-2-9(13)12(15)11(10)14/h2-3,8H,4-7,15H2,1H3. The fourth-order valence-electron chi connectivity index (χ4n) is 2.11. The lowest BCUT2D eigenvalue weighted by Gasteiger charge is -2.29. The zero-order valence-electron chi connectivity index (χ0n) is 10.6. The third-order valence-electron chi connectivity index (χ3n) is 3.45. The van der Waals surface area contributed by atoms with Gasteiger partial charge in [0.15, 0.2) is 5.82 Å². The highest BCUT2D eigenvalue weighted by atomic mass is 32.2. The molecule has 1 saturated heterocycles. The summed E-state index contributed by atoms with van der Waals surface area (Å²) in [4.78, 5) is -0.555. The third-order valence-corrected chi connectivity index (χ3v) is 5.37. The van der Waals surface area contributed by atoms with Crippen LogP contribution in [0.4, 0.5) is 14.5 Å². The smallest absolute Gasteiger partial charge is 0.246 e. The van der Waals surface area contributed by atoms with Gasteiger partial charge in [0.1, 0.15) is 16.4 Å². The second-order valence-electron chi connectivity index (χ2n) is 4.86. The van der Waals surface area contributed by atoms with Gasteiger partial charge in [-0.15, -0.1) is 0 Å². The van der Waals surface area contributed by atoms with Crippen LogP contribution in [0.5, 0.6) is 0 Å². The number of sulfonamides is 1. The molecule has 1 fully saturated rings. The maximum absolute atomic E-state index is 13.8. The quantitative estimate of drug-likeness (QED) is 0.847. The Balaban J connectivity index is 2.38. The number of hydrogen-bond donors (Lipinski definition) is 1. The summed E-state index contributed by atoms with van der Waals surface area (Å²) in [6.07, 6.45) is 1.47. The molecule has 0 radical (unpaired) electrons. The van der Waals surface area contributed by atoms with E-state index >= 15 is 0 Å². The van der Waals surface area contributed by atoms with Gasteiger partial charge in [0, 0.05) is 13.1 Å². The Morgan fingerprint density at radius 2 is 1.84 bits per heavy atom. The number of anilines is 1. The average Bonchev–Trinajstić information content (AvgIpc) is 2.36. The van der Waals surface area contributed by atoms with Crippen LogP contribution in [0.2, 0.25) is 0 Å². The first kappa shape index (κ1) is 14.2. The monoisotopic (exact) mass is 290 g/mol. The number of piperidine rings is 1. The summed E-state index contributed by atoms with van der Waals surface area (Å²) in [7, 11) is -3.94. The van der Waals surface area contributed by atoms with E-state index in [1.54, 1.807) is 0 Å². The van der Waals surface area contributed by atoms with Gasteiger partial charge >= 0.3 is 0 Å². The molecule has 0 spiro atoms. The molecular weight excluding hydrogens is 274 g/mol. The Kier molecular flexibility index (Phi) is 3.78. The number of benzene rings is 1. The van der Waals surface area contributed by atoms with E-state index in [1.807, 2.05) is 6.92 Å². The van der Waals surface area contributed by atoms with Gasteiger partial charge in [0.25, 0.3) is 0 Å². The molecule has 1 aliphatic rings. The van der Waals surface area contributed by atoms with Crippen LogP contribution < -0.4 is 5.73 Å². The fraction of sp³-hybridized carbons (Fsp3) is 0.500. The summed E-state index contributed by atoms with van der Waals surface area (Å²) in [5, 5.41) is 0. The van der Waals surface area contributed by atoms with Crippen LogP contribution in [-0.2, 0) is 10.0 Å². The Morgan fingerprint density at radius 1 is 1.26 bits per heavy atom. The molecule has 7 heteroatoms. The minimum Gasteiger partial charge on any atom is -0.394 e. The number of hydrogen-bond acceptors (Lipinski definition) is 3.